The van der Waals surface area contributed by atoms with Gasteiger partial charge in [-0.1, -0.05) is 48.5 Å². The second-order valence-electron chi connectivity index (χ2n) is 5.44. The minimum absolute atomic E-state index is 0.216. The number of aromatic amines is 1. The van der Waals surface area contributed by atoms with Crippen molar-refractivity contribution in [3.63, 3.8) is 0 Å². The SMILES string of the molecule is O=c1[nH]c(Nc2ccccc2)nc2ncn(Cc3ccccc3)c12. The first-order valence-electron chi connectivity index (χ1n) is 7.61. The van der Waals surface area contributed by atoms with Crippen molar-refractivity contribution in [3.8, 4) is 0 Å². The van der Waals surface area contributed by atoms with Crippen LogP contribution in [0.2, 0.25) is 0 Å². The molecule has 0 aliphatic heterocycles. The molecule has 118 valence electrons. The van der Waals surface area contributed by atoms with Crippen LogP contribution in [0.5, 0.6) is 0 Å². The predicted octanol–water partition coefficient (Wildman–Crippen LogP) is 2.91. The van der Waals surface area contributed by atoms with E-state index in [1.165, 1.54) is 0 Å². The standard InChI is InChI=1S/C18H15N5O/c24-17-15-16(19-12-23(15)11-13-7-3-1-4-8-13)21-18(22-17)20-14-9-5-2-6-10-14/h1-10,12H,11H2,(H2,20,21,22,24). The van der Waals surface area contributed by atoms with E-state index < -0.39 is 0 Å². The summed E-state index contributed by atoms with van der Waals surface area (Å²) in [6.45, 7) is 0.577. The first-order valence-corrected chi connectivity index (χ1v) is 7.61. The number of rotatable bonds is 4. The van der Waals surface area contributed by atoms with Crippen LogP contribution >= 0.6 is 0 Å². The van der Waals surface area contributed by atoms with Gasteiger partial charge in [0.05, 0.1) is 6.33 Å². The van der Waals surface area contributed by atoms with Crippen molar-refractivity contribution >= 4 is 22.8 Å². The largest absolute Gasteiger partial charge is 0.326 e. The molecule has 0 saturated heterocycles. The minimum atomic E-state index is -0.216. The molecule has 0 amide bonds. The molecule has 0 aliphatic carbocycles. The van der Waals surface area contributed by atoms with Crippen LogP contribution in [-0.4, -0.2) is 19.5 Å². The van der Waals surface area contributed by atoms with Crippen LogP contribution in [0.3, 0.4) is 0 Å². The maximum Gasteiger partial charge on any atom is 0.278 e. The lowest BCUT2D eigenvalue weighted by molar-refractivity contribution is 0.819. The molecule has 2 aromatic carbocycles. The molecule has 0 aliphatic rings. The van der Waals surface area contributed by atoms with Gasteiger partial charge in [-0.15, -0.1) is 0 Å². The van der Waals surface area contributed by atoms with E-state index in [1.54, 1.807) is 6.33 Å². The summed E-state index contributed by atoms with van der Waals surface area (Å²) in [5, 5.41) is 3.08. The summed E-state index contributed by atoms with van der Waals surface area (Å²) in [6, 6.07) is 19.5. The van der Waals surface area contributed by atoms with Crippen LogP contribution in [0.1, 0.15) is 5.56 Å². The first-order chi connectivity index (χ1) is 11.8. The Hall–Kier alpha value is -3.41. The zero-order valence-electron chi connectivity index (χ0n) is 12.8. The van der Waals surface area contributed by atoms with E-state index in [0.717, 1.165) is 11.3 Å². The zero-order chi connectivity index (χ0) is 16.4. The molecule has 4 rings (SSSR count). The summed E-state index contributed by atoms with van der Waals surface area (Å²) in [5.41, 5.74) is 2.63. The average Bonchev–Trinajstić information content (AvgIpc) is 3.00. The Bertz CT molecular complexity index is 1020. The molecular formula is C18H15N5O. The topological polar surface area (TPSA) is 75.6 Å². The van der Waals surface area contributed by atoms with Crippen LogP contribution in [0.15, 0.2) is 71.8 Å². The fraction of sp³-hybridized carbons (Fsp3) is 0.0556. The zero-order valence-corrected chi connectivity index (χ0v) is 12.8. The number of para-hydroxylation sites is 1. The van der Waals surface area contributed by atoms with Gasteiger partial charge in [0.2, 0.25) is 5.95 Å². The molecular weight excluding hydrogens is 302 g/mol. The molecule has 24 heavy (non-hydrogen) atoms. The Morgan fingerprint density at radius 2 is 1.71 bits per heavy atom. The molecule has 0 radical (unpaired) electrons. The van der Waals surface area contributed by atoms with Crippen molar-refractivity contribution in [1.82, 2.24) is 19.5 Å². The van der Waals surface area contributed by atoms with Gasteiger partial charge < -0.3 is 9.88 Å². The normalized spacial score (nSPS) is 10.8. The van der Waals surface area contributed by atoms with Gasteiger partial charge in [0, 0.05) is 12.2 Å². The molecule has 6 nitrogen and oxygen atoms in total. The highest BCUT2D eigenvalue weighted by molar-refractivity contribution is 5.71. The number of H-pyrrole nitrogens is 1. The summed E-state index contributed by atoms with van der Waals surface area (Å²) in [5.74, 6) is 0.378. The number of fused-ring (bicyclic) bond motifs is 1. The smallest absolute Gasteiger partial charge is 0.278 e. The van der Waals surface area contributed by atoms with E-state index in [4.69, 9.17) is 0 Å². The minimum Gasteiger partial charge on any atom is -0.326 e. The fourth-order valence-electron chi connectivity index (χ4n) is 2.60. The molecule has 0 fully saturated rings. The fourth-order valence-corrected chi connectivity index (χ4v) is 2.60. The number of hydrogen-bond acceptors (Lipinski definition) is 4. The maximum atomic E-state index is 12.5. The summed E-state index contributed by atoms with van der Waals surface area (Å²) in [4.78, 5) is 23.9. The van der Waals surface area contributed by atoms with Gasteiger partial charge >= 0.3 is 0 Å². The van der Waals surface area contributed by atoms with Gasteiger partial charge in [-0.05, 0) is 17.7 Å². The van der Waals surface area contributed by atoms with Gasteiger partial charge in [-0.25, -0.2) is 4.98 Å². The summed E-state index contributed by atoms with van der Waals surface area (Å²) >= 11 is 0. The second-order valence-corrected chi connectivity index (χ2v) is 5.44. The predicted molar refractivity (Wildman–Crippen MR) is 93.4 cm³/mol. The number of benzene rings is 2. The molecule has 0 spiro atoms. The van der Waals surface area contributed by atoms with Crippen LogP contribution in [0.25, 0.3) is 11.2 Å². The molecule has 0 bridgehead atoms. The van der Waals surface area contributed by atoms with Gasteiger partial charge in [0.15, 0.2) is 11.2 Å². The monoisotopic (exact) mass is 317 g/mol. The van der Waals surface area contributed by atoms with E-state index >= 15 is 0 Å². The first kappa shape index (κ1) is 14.2. The van der Waals surface area contributed by atoms with E-state index in [2.05, 4.69) is 20.3 Å². The molecule has 2 heterocycles. The Kier molecular flexibility index (Phi) is 3.55. The quantitative estimate of drug-likeness (QED) is 0.607. The highest BCUT2D eigenvalue weighted by Crippen LogP contribution is 2.14. The summed E-state index contributed by atoms with van der Waals surface area (Å²) in [6.07, 6.45) is 1.65. The lowest BCUT2D eigenvalue weighted by atomic mass is 10.2. The number of nitrogens with one attached hydrogen (secondary N) is 2. The van der Waals surface area contributed by atoms with Crippen molar-refractivity contribution in [1.29, 1.82) is 0 Å². The van der Waals surface area contributed by atoms with E-state index in [1.807, 2.05) is 65.2 Å². The number of imidazole rings is 1. The summed E-state index contributed by atoms with van der Waals surface area (Å²) < 4.78 is 1.81. The molecule has 6 heteroatoms. The lowest BCUT2D eigenvalue weighted by Gasteiger charge is -2.06. The average molecular weight is 317 g/mol. The van der Waals surface area contributed by atoms with E-state index in [0.29, 0.717) is 23.7 Å². The number of anilines is 2. The van der Waals surface area contributed by atoms with Crippen LogP contribution in [-0.2, 0) is 6.54 Å². The summed E-state index contributed by atoms with van der Waals surface area (Å²) in [7, 11) is 0. The maximum absolute atomic E-state index is 12.5. The Balaban J connectivity index is 1.69. The Morgan fingerprint density at radius 3 is 2.46 bits per heavy atom. The molecule has 0 atom stereocenters. The lowest BCUT2D eigenvalue weighted by Crippen LogP contribution is -2.14. The third kappa shape index (κ3) is 2.77. The van der Waals surface area contributed by atoms with Crippen LogP contribution in [0, 0.1) is 0 Å². The van der Waals surface area contributed by atoms with E-state index in [9.17, 15) is 4.79 Å². The molecule has 0 saturated carbocycles. The molecule has 2 N–H and O–H groups in total. The number of nitrogens with zero attached hydrogens (tertiary/aromatic N) is 3. The molecule has 4 aromatic rings. The number of hydrogen-bond donors (Lipinski definition) is 2. The molecule has 2 aromatic heterocycles. The van der Waals surface area contributed by atoms with Crippen molar-refractivity contribution in [2.24, 2.45) is 0 Å². The highest BCUT2D eigenvalue weighted by atomic mass is 16.1. The van der Waals surface area contributed by atoms with Crippen molar-refractivity contribution in [2.75, 3.05) is 5.32 Å². The van der Waals surface area contributed by atoms with Gasteiger partial charge in [-0.2, -0.15) is 4.98 Å². The van der Waals surface area contributed by atoms with Crippen LogP contribution < -0.4 is 10.9 Å². The van der Waals surface area contributed by atoms with E-state index in [-0.39, 0.29) is 5.56 Å². The van der Waals surface area contributed by atoms with Crippen molar-refractivity contribution in [2.45, 2.75) is 6.54 Å². The Labute approximate surface area is 137 Å². The van der Waals surface area contributed by atoms with Crippen LogP contribution in [0.4, 0.5) is 11.6 Å². The van der Waals surface area contributed by atoms with Crippen molar-refractivity contribution in [3.05, 3.63) is 82.9 Å². The number of aromatic nitrogens is 4. The second kappa shape index (κ2) is 6.00. The molecule has 0 unspecified atom stereocenters. The van der Waals surface area contributed by atoms with Gasteiger partial charge in [-0.3, -0.25) is 9.78 Å². The highest BCUT2D eigenvalue weighted by Gasteiger charge is 2.11. The third-order valence-corrected chi connectivity index (χ3v) is 3.72. The van der Waals surface area contributed by atoms with Gasteiger partial charge in [0.25, 0.3) is 5.56 Å². The van der Waals surface area contributed by atoms with Gasteiger partial charge in [0.1, 0.15) is 0 Å². The third-order valence-electron chi connectivity index (χ3n) is 3.72. The Morgan fingerprint density at radius 1 is 1.00 bits per heavy atom. The van der Waals surface area contributed by atoms with Crippen molar-refractivity contribution < 1.29 is 0 Å².